The van der Waals surface area contributed by atoms with Gasteiger partial charge in [0, 0.05) is 5.41 Å². The Hall–Kier alpha value is -1.50. The van der Waals surface area contributed by atoms with E-state index < -0.39 is 0 Å². The molecule has 0 spiro atoms. The molecule has 1 saturated heterocycles. The van der Waals surface area contributed by atoms with Crippen molar-refractivity contribution < 1.29 is 14.2 Å². The molecule has 0 aromatic heterocycles. The average Bonchev–Trinajstić information content (AvgIpc) is 3.32. The molecule has 3 rings (SSSR count). The van der Waals surface area contributed by atoms with Gasteiger partial charge in [0.1, 0.15) is 12.4 Å². The fourth-order valence-electron chi connectivity index (χ4n) is 2.55. The van der Waals surface area contributed by atoms with E-state index in [1.54, 1.807) is 0 Å². The molecule has 1 heterocycles. The van der Waals surface area contributed by atoms with Crippen LogP contribution in [0.25, 0.3) is 0 Å². The molecule has 1 aromatic carbocycles. The Bertz CT molecular complexity index is 490. The summed E-state index contributed by atoms with van der Waals surface area (Å²) in [4.78, 5) is 0. The molecule has 1 aliphatic carbocycles. The third-order valence-corrected chi connectivity index (χ3v) is 4.02. The first-order valence-electron chi connectivity index (χ1n) is 7.77. The van der Waals surface area contributed by atoms with E-state index in [-0.39, 0.29) is 11.7 Å². The van der Waals surface area contributed by atoms with Gasteiger partial charge >= 0.3 is 0 Å². The van der Waals surface area contributed by atoms with E-state index in [0.717, 1.165) is 38.2 Å². The summed E-state index contributed by atoms with van der Waals surface area (Å²) in [6, 6.07) is 9.82. The summed E-state index contributed by atoms with van der Waals surface area (Å²) >= 11 is 0. The van der Waals surface area contributed by atoms with Crippen LogP contribution in [0, 0.1) is 17.3 Å². The second kappa shape index (κ2) is 6.98. The van der Waals surface area contributed by atoms with Crippen molar-refractivity contribution in [2.45, 2.75) is 38.4 Å². The van der Waals surface area contributed by atoms with E-state index >= 15 is 0 Å². The van der Waals surface area contributed by atoms with E-state index in [1.165, 1.54) is 12.8 Å². The largest absolute Gasteiger partial charge is 0.481 e. The Morgan fingerprint density at radius 2 is 1.90 bits per heavy atom. The summed E-state index contributed by atoms with van der Waals surface area (Å²) in [6.45, 7) is 2.12. The van der Waals surface area contributed by atoms with Crippen LogP contribution >= 0.6 is 0 Å². The maximum atomic E-state index is 5.60. The predicted molar refractivity (Wildman–Crippen MR) is 80.9 cm³/mol. The predicted octanol–water partition coefficient (Wildman–Crippen LogP) is 3.39. The van der Waals surface area contributed by atoms with Gasteiger partial charge < -0.3 is 14.2 Å². The van der Waals surface area contributed by atoms with E-state index in [0.29, 0.717) is 6.61 Å². The van der Waals surface area contributed by atoms with Gasteiger partial charge in [0.15, 0.2) is 6.29 Å². The Morgan fingerprint density at radius 1 is 1.14 bits per heavy atom. The smallest absolute Gasteiger partial charge is 0.157 e. The van der Waals surface area contributed by atoms with Gasteiger partial charge in [-0.2, -0.15) is 0 Å². The Labute approximate surface area is 126 Å². The molecule has 0 atom stereocenters. The molecule has 1 aliphatic heterocycles. The Kier molecular flexibility index (Phi) is 4.80. The lowest BCUT2D eigenvalue weighted by molar-refractivity contribution is -0.182. The molecule has 112 valence electrons. The van der Waals surface area contributed by atoms with Crippen LogP contribution in [-0.2, 0) is 9.47 Å². The van der Waals surface area contributed by atoms with Crippen molar-refractivity contribution in [1.82, 2.24) is 0 Å². The average molecular weight is 286 g/mol. The van der Waals surface area contributed by atoms with Gasteiger partial charge in [-0.1, -0.05) is 30.0 Å². The molecule has 0 radical (unpaired) electrons. The number of ether oxygens (including phenoxy) is 3. The molecule has 0 amide bonds. The number of para-hydroxylation sites is 1. The fourth-order valence-corrected chi connectivity index (χ4v) is 2.55. The van der Waals surface area contributed by atoms with Gasteiger partial charge in [-0.15, -0.1) is 0 Å². The summed E-state index contributed by atoms with van der Waals surface area (Å²) in [7, 11) is 0. The van der Waals surface area contributed by atoms with Gasteiger partial charge in [-0.05, 0) is 44.2 Å². The maximum Gasteiger partial charge on any atom is 0.157 e. The number of benzene rings is 1. The standard InChI is InChI=1S/C18H22O3/c1-2-6-16(7-3-1)19-13-4-9-18(11-12-18)10-8-17-20-14-5-15-21-17/h1-3,6-7,17H,5,8,10-15H2. The lowest BCUT2D eigenvalue weighted by Gasteiger charge is -2.24. The van der Waals surface area contributed by atoms with Crippen LogP contribution < -0.4 is 4.74 Å². The van der Waals surface area contributed by atoms with E-state index in [1.807, 2.05) is 30.3 Å². The highest BCUT2D eigenvalue weighted by molar-refractivity contribution is 5.23. The van der Waals surface area contributed by atoms with Crippen molar-refractivity contribution in [1.29, 1.82) is 0 Å². The minimum Gasteiger partial charge on any atom is -0.481 e. The molecule has 1 saturated carbocycles. The minimum absolute atomic E-state index is 0.0152. The summed E-state index contributed by atoms with van der Waals surface area (Å²) in [6.07, 6.45) is 5.40. The molecular formula is C18H22O3. The van der Waals surface area contributed by atoms with Crippen LogP contribution in [0.3, 0.4) is 0 Å². The maximum absolute atomic E-state index is 5.60. The molecule has 1 aromatic rings. The van der Waals surface area contributed by atoms with Crippen LogP contribution in [0.1, 0.15) is 32.1 Å². The zero-order valence-corrected chi connectivity index (χ0v) is 12.3. The summed E-state index contributed by atoms with van der Waals surface area (Å²) < 4.78 is 16.8. The first-order chi connectivity index (χ1) is 10.4. The first-order valence-corrected chi connectivity index (χ1v) is 7.77. The molecule has 21 heavy (non-hydrogen) atoms. The molecular weight excluding hydrogens is 264 g/mol. The number of hydrogen-bond donors (Lipinski definition) is 0. The summed E-state index contributed by atoms with van der Waals surface area (Å²) in [5, 5.41) is 0. The molecule has 2 fully saturated rings. The molecule has 0 N–H and O–H groups in total. The topological polar surface area (TPSA) is 27.7 Å². The van der Waals surface area contributed by atoms with Gasteiger partial charge in [0.2, 0.25) is 0 Å². The van der Waals surface area contributed by atoms with Crippen molar-refractivity contribution >= 4 is 0 Å². The molecule has 0 unspecified atom stereocenters. The lowest BCUT2D eigenvalue weighted by Crippen LogP contribution is -2.25. The molecule has 2 aliphatic rings. The Morgan fingerprint density at radius 3 is 2.62 bits per heavy atom. The second-order valence-electron chi connectivity index (χ2n) is 5.75. The molecule has 0 bridgehead atoms. The highest BCUT2D eigenvalue weighted by atomic mass is 16.7. The molecule has 3 nitrogen and oxygen atoms in total. The summed E-state index contributed by atoms with van der Waals surface area (Å²) in [5.74, 6) is 7.44. The van der Waals surface area contributed by atoms with Gasteiger partial charge in [0.05, 0.1) is 13.2 Å². The Balaban J connectivity index is 1.41. The third-order valence-electron chi connectivity index (χ3n) is 4.02. The quantitative estimate of drug-likeness (QED) is 0.777. The van der Waals surface area contributed by atoms with Crippen LogP contribution in [0.15, 0.2) is 30.3 Å². The van der Waals surface area contributed by atoms with E-state index in [2.05, 4.69) is 11.8 Å². The van der Waals surface area contributed by atoms with Crippen LogP contribution in [-0.4, -0.2) is 26.1 Å². The van der Waals surface area contributed by atoms with Crippen molar-refractivity contribution in [2.24, 2.45) is 5.41 Å². The zero-order chi connectivity index (χ0) is 14.4. The highest BCUT2D eigenvalue weighted by Gasteiger charge is 2.41. The SMILES string of the molecule is C(#CC1(CCC2OCCCO2)CC1)COc1ccccc1. The number of rotatable bonds is 5. The lowest BCUT2D eigenvalue weighted by atomic mass is 10.0. The first kappa shape index (κ1) is 14.4. The monoisotopic (exact) mass is 286 g/mol. The fraction of sp³-hybridized carbons (Fsp3) is 0.556. The van der Waals surface area contributed by atoms with Gasteiger partial charge in [-0.3, -0.25) is 0 Å². The molecule has 3 heteroatoms. The van der Waals surface area contributed by atoms with Crippen molar-refractivity contribution in [3.8, 4) is 17.6 Å². The van der Waals surface area contributed by atoms with Crippen LogP contribution in [0.2, 0.25) is 0 Å². The minimum atomic E-state index is -0.0152. The van der Waals surface area contributed by atoms with Crippen molar-refractivity contribution in [3.63, 3.8) is 0 Å². The van der Waals surface area contributed by atoms with E-state index in [4.69, 9.17) is 14.2 Å². The zero-order valence-electron chi connectivity index (χ0n) is 12.3. The van der Waals surface area contributed by atoms with Gasteiger partial charge in [0.25, 0.3) is 0 Å². The van der Waals surface area contributed by atoms with Crippen molar-refractivity contribution in [2.75, 3.05) is 19.8 Å². The summed E-state index contributed by atoms with van der Waals surface area (Å²) in [5.41, 5.74) is 0.199. The normalized spacial score (nSPS) is 20.4. The highest BCUT2D eigenvalue weighted by Crippen LogP contribution is 2.49. The van der Waals surface area contributed by atoms with Gasteiger partial charge in [-0.25, -0.2) is 0 Å². The van der Waals surface area contributed by atoms with Crippen LogP contribution in [0.4, 0.5) is 0 Å². The van der Waals surface area contributed by atoms with Crippen molar-refractivity contribution in [3.05, 3.63) is 30.3 Å². The number of hydrogen-bond acceptors (Lipinski definition) is 3. The van der Waals surface area contributed by atoms with E-state index in [9.17, 15) is 0 Å². The third kappa shape index (κ3) is 4.49. The second-order valence-corrected chi connectivity index (χ2v) is 5.75. The van der Waals surface area contributed by atoms with Crippen LogP contribution in [0.5, 0.6) is 5.75 Å².